The Morgan fingerprint density at radius 1 is 1.15 bits per heavy atom. The number of rotatable bonds is 3. The zero-order valence-electron chi connectivity index (χ0n) is 28.1. The van der Waals surface area contributed by atoms with Crippen LogP contribution in [0.2, 0.25) is 0 Å². The number of anilines is 2. The van der Waals surface area contributed by atoms with Gasteiger partial charge in [0, 0.05) is 23.0 Å². The molecule has 252 valence electrons. The third-order valence-electron chi connectivity index (χ3n) is 12.1. The van der Waals surface area contributed by atoms with Gasteiger partial charge >= 0.3 is 0 Å². The van der Waals surface area contributed by atoms with Gasteiger partial charge < -0.3 is 29.9 Å². The monoisotopic (exact) mass is 669 g/mol. The van der Waals surface area contributed by atoms with E-state index in [1.807, 2.05) is 11.6 Å². The van der Waals surface area contributed by atoms with Crippen LogP contribution in [-0.4, -0.2) is 78.8 Å². The first-order valence-electron chi connectivity index (χ1n) is 17.6. The molecule has 3 aliphatic heterocycles. The number of likely N-dealkylation sites (tertiary alicyclic amines) is 1. The van der Waals surface area contributed by atoms with Crippen molar-refractivity contribution >= 4 is 33.2 Å². The quantitative estimate of drug-likeness (QED) is 0.299. The topological polar surface area (TPSA) is 155 Å². The minimum absolute atomic E-state index is 0.0285. The van der Waals surface area contributed by atoms with Crippen LogP contribution in [0.15, 0.2) is 4.52 Å². The van der Waals surface area contributed by atoms with Gasteiger partial charge in [-0.1, -0.05) is 5.16 Å². The van der Waals surface area contributed by atoms with Crippen molar-refractivity contribution in [3.63, 3.8) is 0 Å². The average Bonchev–Trinajstić information content (AvgIpc) is 3.83. The van der Waals surface area contributed by atoms with E-state index in [9.17, 15) is 10.4 Å². The highest BCUT2D eigenvalue weighted by Gasteiger charge is 2.49. The molecule has 5 aliphatic rings. The standard InChI is InChI=1S/C35H43N9O3S/c1-18(22-9-7-15-42(22)4)44-32-25-31(43-17-34(3,45)14-11-23(43)19(2)46-33(25)40-44)38-30(39-32)27-20-8-5-12-35(28(20)47-41-27)13-6-10-24-26(35)21(16-36)29(37)48-24/h18-19,22-23,45H,5-15,17,37H2,1-4H3/t18-,19+,22-,23+,34+,35-/m0/s1. The number of nitrogens with zero attached hydrogens (tertiary/aromatic N) is 8. The summed E-state index contributed by atoms with van der Waals surface area (Å²) in [6.45, 7) is 7.70. The molecule has 48 heavy (non-hydrogen) atoms. The van der Waals surface area contributed by atoms with Crippen LogP contribution < -0.4 is 15.4 Å². The lowest BCUT2D eigenvalue weighted by molar-refractivity contribution is 0.0240. The lowest BCUT2D eigenvalue weighted by atomic mass is 9.63. The predicted molar refractivity (Wildman–Crippen MR) is 182 cm³/mol. The number of nitrogen functional groups attached to an aromatic ring is 1. The minimum Gasteiger partial charge on any atom is -0.471 e. The molecule has 0 saturated carbocycles. The molecule has 7 heterocycles. The van der Waals surface area contributed by atoms with Gasteiger partial charge in [0.15, 0.2) is 22.9 Å². The third kappa shape index (κ3) is 4.24. The van der Waals surface area contributed by atoms with Crippen LogP contribution in [0.25, 0.3) is 22.6 Å². The Morgan fingerprint density at radius 3 is 2.73 bits per heavy atom. The molecule has 0 aromatic carbocycles. The lowest BCUT2D eigenvalue weighted by Crippen LogP contribution is -2.55. The van der Waals surface area contributed by atoms with Crippen LogP contribution in [0.3, 0.4) is 0 Å². The molecule has 2 fully saturated rings. The second-order valence-corrected chi connectivity index (χ2v) is 16.3. The van der Waals surface area contributed by atoms with Gasteiger partial charge in [-0.15, -0.1) is 16.4 Å². The van der Waals surface area contributed by atoms with Gasteiger partial charge in [0.05, 0.1) is 28.7 Å². The van der Waals surface area contributed by atoms with Crippen molar-refractivity contribution < 1.29 is 14.4 Å². The maximum Gasteiger partial charge on any atom is 0.246 e. The smallest absolute Gasteiger partial charge is 0.246 e. The zero-order valence-corrected chi connectivity index (χ0v) is 28.9. The number of nitriles is 1. The van der Waals surface area contributed by atoms with Crippen molar-refractivity contribution in [3.8, 4) is 23.5 Å². The minimum atomic E-state index is -0.868. The summed E-state index contributed by atoms with van der Waals surface area (Å²) in [4.78, 5) is 16.4. The second-order valence-electron chi connectivity index (χ2n) is 15.2. The van der Waals surface area contributed by atoms with Crippen molar-refractivity contribution in [1.82, 2.24) is 29.8 Å². The fourth-order valence-electron chi connectivity index (χ4n) is 9.75. The Morgan fingerprint density at radius 2 is 1.96 bits per heavy atom. The highest BCUT2D eigenvalue weighted by molar-refractivity contribution is 7.16. The Kier molecular flexibility index (Phi) is 6.72. The van der Waals surface area contributed by atoms with Crippen molar-refractivity contribution in [2.45, 2.75) is 120 Å². The van der Waals surface area contributed by atoms with Crippen molar-refractivity contribution in [1.29, 1.82) is 5.26 Å². The number of thiophene rings is 1. The summed E-state index contributed by atoms with van der Waals surface area (Å²) in [5, 5.41) is 32.8. The fourth-order valence-corrected chi connectivity index (χ4v) is 10.9. The number of fused-ring (bicyclic) bond motifs is 6. The largest absolute Gasteiger partial charge is 0.471 e. The molecule has 6 atom stereocenters. The van der Waals surface area contributed by atoms with Gasteiger partial charge in [0.1, 0.15) is 28.4 Å². The molecule has 9 rings (SSSR count). The molecule has 4 aromatic rings. The molecule has 2 aliphatic carbocycles. The van der Waals surface area contributed by atoms with E-state index in [2.05, 4.69) is 36.8 Å². The molecule has 2 saturated heterocycles. The van der Waals surface area contributed by atoms with Crippen LogP contribution >= 0.6 is 11.3 Å². The van der Waals surface area contributed by atoms with Gasteiger partial charge in [-0.05, 0) is 104 Å². The van der Waals surface area contributed by atoms with E-state index in [-0.39, 0.29) is 18.2 Å². The summed E-state index contributed by atoms with van der Waals surface area (Å²) in [5.41, 5.74) is 9.13. The van der Waals surface area contributed by atoms with Crippen molar-refractivity contribution in [3.05, 3.63) is 27.3 Å². The van der Waals surface area contributed by atoms with E-state index >= 15 is 0 Å². The molecule has 1 spiro atoms. The third-order valence-corrected chi connectivity index (χ3v) is 13.2. The molecule has 0 bridgehead atoms. The van der Waals surface area contributed by atoms with Crippen LogP contribution in [-0.2, 0) is 18.3 Å². The molecule has 4 aromatic heterocycles. The van der Waals surface area contributed by atoms with Gasteiger partial charge in [-0.25, -0.2) is 14.6 Å². The van der Waals surface area contributed by atoms with E-state index in [0.29, 0.717) is 47.0 Å². The molecule has 0 unspecified atom stereocenters. The lowest BCUT2D eigenvalue weighted by Gasteiger charge is -2.44. The summed E-state index contributed by atoms with van der Waals surface area (Å²) >= 11 is 1.55. The summed E-state index contributed by atoms with van der Waals surface area (Å²) < 4.78 is 15.0. The second kappa shape index (κ2) is 10.6. The first kappa shape index (κ1) is 30.3. The number of hydrogen-bond donors (Lipinski definition) is 2. The van der Waals surface area contributed by atoms with Crippen molar-refractivity contribution in [2.75, 3.05) is 30.8 Å². The Balaban J connectivity index is 1.25. The molecule has 13 heteroatoms. The van der Waals surface area contributed by atoms with E-state index in [1.54, 1.807) is 11.3 Å². The molecular weight excluding hydrogens is 627 g/mol. The van der Waals surface area contributed by atoms with Crippen LogP contribution in [0.4, 0.5) is 10.8 Å². The van der Waals surface area contributed by atoms with Crippen LogP contribution in [0.1, 0.15) is 106 Å². The van der Waals surface area contributed by atoms with E-state index in [4.69, 9.17) is 35.2 Å². The average molecular weight is 670 g/mol. The normalized spacial score (nSPS) is 30.4. The fraction of sp³-hybridized carbons (Fsp3) is 0.629. The van der Waals surface area contributed by atoms with Gasteiger partial charge in [-0.2, -0.15) is 5.26 Å². The Bertz CT molecular complexity index is 1990. The first-order chi connectivity index (χ1) is 23.1. The number of nitrogens with two attached hydrogens (primary N) is 1. The van der Waals surface area contributed by atoms with Gasteiger partial charge in [0.2, 0.25) is 5.88 Å². The van der Waals surface area contributed by atoms with E-state index < -0.39 is 11.0 Å². The number of hydrogen-bond acceptors (Lipinski definition) is 12. The molecule has 3 N–H and O–H groups in total. The van der Waals surface area contributed by atoms with Gasteiger partial charge in [0.25, 0.3) is 0 Å². The first-order valence-corrected chi connectivity index (χ1v) is 18.4. The van der Waals surface area contributed by atoms with Crippen molar-refractivity contribution in [2.24, 2.45) is 0 Å². The summed E-state index contributed by atoms with van der Waals surface area (Å²) in [6, 6.07) is 2.82. The highest BCUT2D eigenvalue weighted by Crippen LogP contribution is 2.55. The Hall–Kier alpha value is -3.73. The number of aliphatic hydroxyl groups is 1. The molecule has 0 amide bonds. The summed E-state index contributed by atoms with van der Waals surface area (Å²) in [5.74, 6) is 2.62. The number of piperidine rings is 1. The van der Waals surface area contributed by atoms with Crippen LogP contribution in [0, 0.1) is 11.3 Å². The summed E-state index contributed by atoms with van der Waals surface area (Å²) in [7, 11) is 2.18. The Labute approximate surface area is 283 Å². The maximum atomic E-state index is 11.3. The number of likely N-dealkylation sites (N-methyl/N-ethyl adjacent to an activating group) is 1. The molecule has 12 nitrogen and oxygen atoms in total. The molecule has 0 radical (unpaired) electrons. The molecular formula is C35H43N9O3S. The number of ether oxygens (including phenoxy) is 1. The van der Waals surface area contributed by atoms with E-state index in [1.165, 1.54) is 4.88 Å². The zero-order chi connectivity index (χ0) is 33.1. The maximum absolute atomic E-state index is 11.3. The SMILES string of the molecule is C[C@H]1Oc2nn([C@@H](C)[C@@H]3CCCN3C)c3nc(-c4noc5c4CCC[C@@]54CCCc5sc(N)c(C#N)c54)nc(c23)N2C[C@](C)(O)CC[C@H]12. The van der Waals surface area contributed by atoms with Gasteiger partial charge in [-0.3, -0.25) is 0 Å². The number of aromatic nitrogens is 5. The predicted octanol–water partition coefficient (Wildman–Crippen LogP) is 5.11. The van der Waals surface area contributed by atoms with Crippen LogP contribution in [0.5, 0.6) is 5.88 Å². The summed E-state index contributed by atoms with van der Waals surface area (Å²) in [6.07, 6.45) is 8.98. The van der Waals surface area contributed by atoms with E-state index in [0.717, 1.165) is 98.1 Å². The highest BCUT2D eigenvalue weighted by atomic mass is 32.1. The number of aryl methyl sites for hydroxylation is 1.